The van der Waals surface area contributed by atoms with Crippen LogP contribution >= 0.6 is 39.3 Å². The maximum Gasteiger partial charge on any atom is 0.310 e. The molecule has 1 N–H and O–H groups in total. The van der Waals surface area contributed by atoms with Crippen LogP contribution in [0.3, 0.4) is 0 Å². The molecule has 10 heteroatoms. The van der Waals surface area contributed by atoms with Crippen molar-refractivity contribution in [3.8, 4) is 0 Å². The van der Waals surface area contributed by atoms with Crippen LogP contribution in [0.25, 0.3) is 0 Å². The lowest BCUT2D eigenvalue weighted by molar-refractivity contribution is -0.154. The summed E-state index contributed by atoms with van der Waals surface area (Å²) in [4.78, 5) is 45.6. The van der Waals surface area contributed by atoms with Crippen molar-refractivity contribution in [1.29, 1.82) is 0 Å². The molecule has 0 radical (unpaired) electrons. The lowest BCUT2D eigenvalue weighted by Gasteiger charge is -2.41. The van der Waals surface area contributed by atoms with Crippen LogP contribution in [-0.2, 0) is 19.1 Å². The van der Waals surface area contributed by atoms with Gasteiger partial charge in [0, 0.05) is 16.6 Å². The average Bonchev–Trinajstić information content (AvgIpc) is 3.51. The highest BCUT2D eigenvalue weighted by Crippen LogP contribution is 2.68. The van der Waals surface area contributed by atoms with Gasteiger partial charge in [-0.2, -0.15) is 0 Å². The molecule has 2 amide bonds. The molecule has 0 saturated carbocycles. The third-order valence-corrected chi connectivity index (χ3v) is 11.9. The number of halogens is 2. The number of anilines is 1. The molecule has 1 spiro atoms. The number of thioether (sulfide) groups is 1. The zero-order valence-corrected chi connectivity index (χ0v) is 25.5. The molecule has 3 aliphatic heterocycles. The summed E-state index contributed by atoms with van der Waals surface area (Å²) < 4.78 is 4.72. The fourth-order valence-electron chi connectivity index (χ4n) is 6.38. The molecule has 0 aromatic heterocycles. The summed E-state index contributed by atoms with van der Waals surface area (Å²) in [5.41, 5.74) is 0.522. The molecule has 3 fully saturated rings. The maximum absolute atomic E-state index is 14.7. The van der Waals surface area contributed by atoms with E-state index < -0.39 is 34.6 Å². The summed E-state index contributed by atoms with van der Waals surface area (Å²) in [7, 11) is 0. The standard InChI is InChI=1S/C29H36BrClN2O5S/c1-5-8-14-38-28(37)22-23-26(35)33(21(16-34)17(4)7-3)25(29(23)15-18(30)24(22)39-29)27(36)32(13-6-2)20-12-10-9-11-19(20)31/h5-6,9-12,17-18,21-25,34H,1-2,7-8,13-16H2,3-4H3/t17-,18?,21-,22+,23-,24+,25?,29?/m0/s1. The van der Waals surface area contributed by atoms with Crippen molar-refractivity contribution < 1.29 is 24.2 Å². The number of carbonyl (C=O) groups is 3. The second-order valence-electron chi connectivity index (χ2n) is 10.5. The van der Waals surface area contributed by atoms with Crippen LogP contribution in [0, 0.1) is 17.8 Å². The van der Waals surface area contributed by atoms with Crippen LogP contribution in [-0.4, -0.2) is 74.5 Å². The second-order valence-corrected chi connectivity index (χ2v) is 13.6. The number of esters is 1. The maximum atomic E-state index is 14.7. The summed E-state index contributed by atoms with van der Waals surface area (Å²) in [5.74, 6) is -2.50. The first-order valence-electron chi connectivity index (χ1n) is 13.4. The van der Waals surface area contributed by atoms with Gasteiger partial charge in [0.15, 0.2) is 0 Å². The number of ether oxygens (including phenoxy) is 1. The van der Waals surface area contributed by atoms with E-state index in [1.165, 1.54) is 0 Å². The molecular weight excluding hydrogens is 604 g/mol. The Hall–Kier alpha value is -1.81. The topological polar surface area (TPSA) is 87.2 Å². The highest BCUT2D eigenvalue weighted by Gasteiger charge is 2.77. The number of carbonyl (C=O) groups excluding carboxylic acids is 3. The fraction of sp³-hybridized carbons (Fsp3) is 0.552. The van der Waals surface area contributed by atoms with E-state index in [1.54, 1.807) is 58.0 Å². The number of nitrogens with zero attached hydrogens (tertiary/aromatic N) is 2. The van der Waals surface area contributed by atoms with E-state index in [0.717, 1.165) is 0 Å². The molecule has 3 aliphatic rings. The van der Waals surface area contributed by atoms with E-state index in [4.69, 9.17) is 16.3 Å². The van der Waals surface area contributed by atoms with E-state index in [1.807, 2.05) is 13.8 Å². The predicted octanol–water partition coefficient (Wildman–Crippen LogP) is 4.85. The molecule has 8 atom stereocenters. The summed E-state index contributed by atoms with van der Waals surface area (Å²) in [6.45, 7) is 11.6. The number of likely N-dealkylation sites (tertiary alicyclic amines) is 1. The van der Waals surface area contributed by atoms with E-state index in [9.17, 15) is 19.5 Å². The Morgan fingerprint density at radius 3 is 2.69 bits per heavy atom. The largest absolute Gasteiger partial charge is 0.465 e. The SMILES string of the molecule is C=CCCOC(=O)[C@H]1[C@@H]2SC3(CC2Br)C(C(=O)N(CC=C)c2ccccc2Cl)N([C@@H](CO)[C@@H](C)CC)C(=O)[C@H]13. The molecule has 212 valence electrons. The minimum Gasteiger partial charge on any atom is -0.465 e. The van der Waals surface area contributed by atoms with Crippen molar-refractivity contribution in [2.45, 2.75) is 60.0 Å². The number of amides is 2. The quantitative estimate of drug-likeness (QED) is 0.152. The smallest absolute Gasteiger partial charge is 0.310 e. The fourth-order valence-corrected chi connectivity index (χ4v) is 10.2. The van der Waals surface area contributed by atoms with Gasteiger partial charge < -0.3 is 19.6 Å². The molecular formula is C29H36BrClN2O5S. The molecule has 3 heterocycles. The molecule has 0 aliphatic carbocycles. The number of para-hydroxylation sites is 1. The second kappa shape index (κ2) is 12.4. The van der Waals surface area contributed by atoms with Crippen LogP contribution in [0.5, 0.6) is 0 Å². The molecule has 3 saturated heterocycles. The summed E-state index contributed by atoms with van der Waals surface area (Å²) in [5, 5.41) is 10.7. The predicted molar refractivity (Wildman–Crippen MR) is 159 cm³/mol. The Balaban J connectivity index is 1.84. The van der Waals surface area contributed by atoms with Crippen molar-refractivity contribution in [2.24, 2.45) is 17.8 Å². The first-order valence-corrected chi connectivity index (χ1v) is 15.5. The van der Waals surface area contributed by atoms with Gasteiger partial charge in [-0.15, -0.1) is 24.9 Å². The van der Waals surface area contributed by atoms with Crippen LogP contribution in [0.15, 0.2) is 49.6 Å². The van der Waals surface area contributed by atoms with E-state index in [-0.39, 0.29) is 47.6 Å². The Labute approximate surface area is 248 Å². The van der Waals surface area contributed by atoms with Gasteiger partial charge in [-0.25, -0.2) is 0 Å². The Bertz CT molecular complexity index is 1140. The van der Waals surface area contributed by atoms with Crippen molar-refractivity contribution in [3.05, 3.63) is 54.6 Å². The van der Waals surface area contributed by atoms with Gasteiger partial charge in [0.2, 0.25) is 5.91 Å². The van der Waals surface area contributed by atoms with Gasteiger partial charge in [-0.3, -0.25) is 14.4 Å². The molecule has 1 aromatic rings. The third kappa shape index (κ3) is 5.09. The Kier molecular flexibility index (Phi) is 9.56. The lowest BCUT2D eigenvalue weighted by Crippen LogP contribution is -2.59. The van der Waals surface area contributed by atoms with Crippen LogP contribution in [0.1, 0.15) is 33.1 Å². The number of aliphatic hydroxyl groups excluding tert-OH is 1. The zero-order valence-electron chi connectivity index (χ0n) is 22.3. The highest BCUT2D eigenvalue weighted by atomic mass is 79.9. The minimum absolute atomic E-state index is 0.0717. The molecule has 4 rings (SSSR count). The van der Waals surface area contributed by atoms with Gasteiger partial charge in [-0.05, 0) is 30.9 Å². The number of rotatable bonds is 12. The van der Waals surface area contributed by atoms with Crippen molar-refractivity contribution in [3.63, 3.8) is 0 Å². The van der Waals surface area contributed by atoms with Crippen molar-refractivity contribution >= 4 is 62.8 Å². The number of benzene rings is 1. The van der Waals surface area contributed by atoms with Crippen LogP contribution in [0.2, 0.25) is 5.02 Å². The van der Waals surface area contributed by atoms with E-state index in [0.29, 0.717) is 30.0 Å². The average molecular weight is 640 g/mol. The molecule has 2 bridgehead atoms. The number of fused-ring (bicyclic) bond motifs is 1. The molecule has 7 nitrogen and oxygen atoms in total. The number of alkyl halides is 1. The van der Waals surface area contributed by atoms with Crippen molar-refractivity contribution in [2.75, 3.05) is 24.7 Å². The van der Waals surface area contributed by atoms with E-state index in [2.05, 4.69) is 29.1 Å². The van der Waals surface area contributed by atoms with Gasteiger partial charge in [0.25, 0.3) is 5.91 Å². The highest BCUT2D eigenvalue weighted by molar-refractivity contribution is 9.09. The third-order valence-electron chi connectivity index (χ3n) is 8.37. The molecule has 1 aromatic carbocycles. The first-order chi connectivity index (χ1) is 18.7. The number of aliphatic hydroxyl groups is 1. The first kappa shape index (κ1) is 30.2. The van der Waals surface area contributed by atoms with Crippen LogP contribution < -0.4 is 4.90 Å². The lowest BCUT2D eigenvalue weighted by atomic mass is 9.71. The van der Waals surface area contributed by atoms with Gasteiger partial charge in [0.05, 0.1) is 46.5 Å². The minimum atomic E-state index is -0.904. The van der Waals surface area contributed by atoms with Crippen LogP contribution in [0.4, 0.5) is 5.69 Å². The summed E-state index contributed by atoms with van der Waals surface area (Å²) >= 11 is 11.8. The summed E-state index contributed by atoms with van der Waals surface area (Å²) in [6, 6.07) is 5.59. The summed E-state index contributed by atoms with van der Waals surface area (Å²) in [6.07, 6.45) is 5.06. The Morgan fingerprint density at radius 1 is 1.36 bits per heavy atom. The molecule has 3 unspecified atom stereocenters. The Morgan fingerprint density at radius 2 is 2.08 bits per heavy atom. The van der Waals surface area contributed by atoms with E-state index >= 15 is 0 Å². The normalized spacial score (nSPS) is 30.5. The monoisotopic (exact) mass is 638 g/mol. The van der Waals surface area contributed by atoms with Crippen molar-refractivity contribution in [1.82, 2.24) is 4.90 Å². The molecule has 39 heavy (non-hydrogen) atoms. The number of hydrogen-bond acceptors (Lipinski definition) is 6. The van der Waals surface area contributed by atoms with Gasteiger partial charge in [-0.1, -0.05) is 72.1 Å². The zero-order chi connectivity index (χ0) is 28.5. The van der Waals surface area contributed by atoms with Gasteiger partial charge >= 0.3 is 5.97 Å². The van der Waals surface area contributed by atoms with Gasteiger partial charge in [0.1, 0.15) is 6.04 Å². The number of hydrogen-bond donors (Lipinski definition) is 1.